The number of fused-ring (bicyclic) bond motifs is 1. The lowest BCUT2D eigenvalue weighted by Gasteiger charge is -2.31. The van der Waals surface area contributed by atoms with Crippen molar-refractivity contribution in [1.82, 2.24) is 15.2 Å². The van der Waals surface area contributed by atoms with Crippen LogP contribution in [0.2, 0.25) is 0 Å². The molecule has 2 aliphatic rings. The Balaban J connectivity index is 1.09. The van der Waals surface area contributed by atoms with Gasteiger partial charge in [-0.25, -0.2) is 4.98 Å². The Bertz CT molecular complexity index is 1590. The first kappa shape index (κ1) is 28.2. The largest absolute Gasteiger partial charge is 0.416 e. The summed E-state index contributed by atoms with van der Waals surface area (Å²) in [6.45, 7) is 1.07. The molecule has 2 amide bonds. The van der Waals surface area contributed by atoms with Gasteiger partial charge in [-0.15, -0.1) is 11.3 Å². The van der Waals surface area contributed by atoms with E-state index in [4.69, 9.17) is 0 Å². The molecule has 3 aromatic carbocycles. The van der Waals surface area contributed by atoms with E-state index in [2.05, 4.69) is 22.4 Å². The van der Waals surface area contributed by atoms with Gasteiger partial charge in [-0.05, 0) is 72.6 Å². The average molecular weight is 590 g/mol. The number of nitrogens with zero attached hydrogens (tertiary/aromatic N) is 2. The number of amides is 2. The molecule has 1 saturated heterocycles. The molecular formula is C33H30F3N3O2S. The van der Waals surface area contributed by atoms with Crippen LogP contribution < -0.4 is 5.32 Å². The van der Waals surface area contributed by atoms with E-state index < -0.39 is 11.7 Å². The highest BCUT2D eigenvalue weighted by molar-refractivity contribution is 7.09. The Labute approximate surface area is 246 Å². The molecule has 2 heterocycles. The summed E-state index contributed by atoms with van der Waals surface area (Å²) >= 11 is 1.49. The molecule has 9 heteroatoms. The van der Waals surface area contributed by atoms with Gasteiger partial charge in [-0.1, -0.05) is 54.6 Å². The van der Waals surface area contributed by atoms with Crippen molar-refractivity contribution in [1.29, 1.82) is 0 Å². The first-order valence-corrected chi connectivity index (χ1v) is 15.1. The summed E-state index contributed by atoms with van der Waals surface area (Å²) in [6.07, 6.45) is 0.00911. The first-order chi connectivity index (χ1) is 20.3. The van der Waals surface area contributed by atoms with Crippen LogP contribution in [0.15, 0.2) is 78.2 Å². The maximum Gasteiger partial charge on any atom is 0.416 e. The number of rotatable bonds is 5. The minimum absolute atomic E-state index is 0.00713. The van der Waals surface area contributed by atoms with E-state index in [9.17, 15) is 22.8 Å². The number of carbonyl (C=O) groups excluding carboxylic acids is 2. The maximum absolute atomic E-state index is 13.5. The third kappa shape index (κ3) is 5.83. The molecule has 1 aliphatic heterocycles. The van der Waals surface area contributed by atoms with Crippen LogP contribution in [0.1, 0.15) is 80.2 Å². The van der Waals surface area contributed by atoms with Crippen molar-refractivity contribution in [2.24, 2.45) is 0 Å². The third-order valence-electron chi connectivity index (χ3n) is 8.24. The Morgan fingerprint density at radius 1 is 0.905 bits per heavy atom. The van der Waals surface area contributed by atoms with Crippen LogP contribution in [0.25, 0.3) is 11.1 Å². The van der Waals surface area contributed by atoms with Gasteiger partial charge >= 0.3 is 6.18 Å². The monoisotopic (exact) mass is 589 g/mol. The van der Waals surface area contributed by atoms with Gasteiger partial charge in [0.05, 0.1) is 16.6 Å². The molecule has 0 radical (unpaired) electrons. The second kappa shape index (κ2) is 11.7. The molecular weight excluding hydrogens is 559 g/mol. The predicted octanol–water partition coefficient (Wildman–Crippen LogP) is 7.66. The molecule has 4 aromatic rings. The molecule has 0 bridgehead atoms. The van der Waals surface area contributed by atoms with Crippen molar-refractivity contribution < 1.29 is 22.8 Å². The number of nitrogens with one attached hydrogen (secondary N) is 1. The number of alkyl halides is 3. The minimum atomic E-state index is -4.41. The zero-order valence-electron chi connectivity index (χ0n) is 22.9. The van der Waals surface area contributed by atoms with Gasteiger partial charge in [0.1, 0.15) is 5.69 Å². The van der Waals surface area contributed by atoms with Crippen LogP contribution in [0.5, 0.6) is 0 Å². The summed E-state index contributed by atoms with van der Waals surface area (Å²) in [7, 11) is 0. The number of aromatic nitrogens is 1. The number of halogens is 3. The van der Waals surface area contributed by atoms with E-state index in [-0.39, 0.29) is 23.8 Å². The molecule has 1 aromatic heterocycles. The lowest BCUT2D eigenvalue weighted by atomic mass is 9.88. The lowest BCUT2D eigenvalue weighted by Crippen LogP contribution is -2.38. The summed E-state index contributed by atoms with van der Waals surface area (Å²) in [6, 6.07) is 20.2. The standard InChI is InChI=1S/C33H30F3N3O2S/c34-33(35,36)24-14-12-22(13-15-24)25-8-3-4-10-27(25)32(41)39-18-16-23(17-19-39)31-38-29(20-42-31)30(40)37-28-11-5-7-21-6-1-2-9-26(21)28/h1-4,6,8-10,12-15,20,23,28H,5,7,11,16-19H2,(H,37,40). The average Bonchev–Trinajstić information content (AvgIpc) is 3.51. The summed E-state index contributed by atoms with van der Waals surface area (Å²) in [4.78, 5) is 33.0. The first-order valence-electron chi connectivity index (χ1n) is 14.2. The van der Waals surface area contributed by atoms with E-state index >= 15 is 0 Å². The molecule has 216 valence electrons. The fourth-order valence-corrected chi connectivity index (χ4v) is 6.95. The van der Waals surface area contributed by atoms with E-state index in [1.54, 1.807) is 29.2 Å². The molecule has 0 saturated carbocycles. The SMILES string of the molecule is O=C(NC1CCCc2ccccc21)c1csc(C2CCN(C(=O)c3ccccc3-c3ccc(C(F)(F)F)cc3)CC2)n1. The van der Waals surface area contributed by atoms with Crippen molar-refractivity contribution >= 4 is 23.2 Å². The van der Waals surface area contributed by atoms with Gasteiger partial charge in [-0.3, -0.25) is 9.59 Å². The van der Waals surface area contributed by atoms with Crippen LogP contribution >= 0.6 is 11.3 Å². The molecule has 1 atom stereocenters. The second-order valence-corrected chi connectivity index (χ2v) is 11.8. The van der Waals surface area contributed by atoms with E-state index in [0.29, 0.717) is 35.5 Å². The Morgan fingerprint density at radius 2 is 1.62 bits per heavy atom. The van der Waals surface area contributed by atoms with Crippen LogP contribution in [-0.4, -0.2) is 34.8 Å². The summed E-state index contributed by atoms with van der Waals surface area (Å²) in [5.41, 5.74) is 3.82. The van der Waals surface area contributed by atoms with Crippen LogP contribution in [0.4, 0.5) is 13.2 Å². The highest BCUT2D eigenvalue weighted by atomic mass is 32.1. The zero-order valence-corrected chi connectivity index (χ0v) is 23.7. The molecule has 42 heavy (non-hydrogen) atoms. The quantitative estimate of drug-likeness (QED) is 0.260. The number of aryl methyl sites for hydroxylation is 1. The number of piperidine rings is 1. The summed E-state index contributed by atoms with van der Waals surface area (Å²) in [5.74, 6) is -0.149. The zero-order chi connectivity index (χ0) is 29.3. The number of thiazole rings is 1. The molecule has 1 N–H and O–H groups in total. The Morgan fingerprint density at radius 3 is 2.38 bits per heavy atom. The summed E-state index contributed by atoms with van der Waals surface area (Å²) in [5, 5.41) is 5.89. The van der Waals surface area contributed by atoms with E-state index in [1.807, 2.05) is 17.5 Å². The number of hydrogen-bond donors (Lipinski definition) is 1. The normalized spacial score (nSPS) is 17.5. The van der Waals surface area contributed by atoms with Crippen molar-refractivity contribution in [3.05, 3.63) is 111 Å². The highest BCUT2D eigenvalue weighted by Gasteiger charge is 2.31. The second-order valence-electron chi connectivity index (χ2n) is 10.9. The number of likely N-dealkylation sites (tertiary alicyclic amines) is 1. The third-order valence-corrected chi connectivity index (χ3v) is 9.25. The van der Waals surface area contributed by atoms with Gasteiger partial charge in [0.2, 0.25) is 0 Å². The topological polar surface area (TPSA) is 62.3 Å². The number of carbonyl (C=O) groups is 2. The number of benzene rings is 3. The smallest absolute Gasteiger partial charge is 0.344 e. The molecule has 5 nitrogen and oxygen atoms in total. The highest BCUT2D eigenvalue weighted by Crippen LogP contribution is 2.35. The van der Waals surface area contributed by atoms with E-state index in [1.165, 1.54) is 34.6 Å². The van der Waals surface area contributed by atoms with Crippen LogP contribution in [0, 0.1) is 0 Å². The van der Waals surface area contributed by atoms with Gasteiger partial charge < -0.3 is 10.2 Å². The van der Waals surface area contributed by atoms with Gasteiger partial charge in [0, 0.05) is 30.0 Å². The molecule has 1 unspecified atom stereocenters. The Kier molecular flexibility index (Phi) is 7.86. The van der Waals surface area contributed by atoms with Crippen molar-refractivity contribution in [3.8, 4) is 11.1 Å². The maximum atomic E-state index is 13.5. The fraction of sp³-hybridized carbons (Fsp3) is 0.303. The van der Waals surface area contributed by atoms with Crippen LogP contribution in [0.3, 0.4) is 0 Å². The van der Waals surface area contributed by atoms with Gasteiger partial charge in [-0.2, -0.15) is 13.2 Å². The molecule has 1 fully saturated rings. The van der Waals surface area contributed by atoms with Crippen LogP contribution in [-0.2, 0) is 12.6 Å². The minimum Gasteiger partial charge on any atom is -0.344 e. The van der Waals surface area contributed by atoms with Crippen molar-refractivity contribution in [2.75, 3.05) is 13.1 Å². The van der Waals surface area contributed by atoms with Crippen molar-refractivity contribution in [3.63, 3.8) is 0 Å². The van der Waals surface area contributed by atoms with Crippen molar-refractivity contribution in [2.45, 2.75) is 50.2 Å². The number of hydrogen-bond acceptors (Lipinski definition) is 4. The predicted molar refractivity (Wildman–Crippen MR) is 156 cm³/mol. The molecule has 1 aliphatic carbocycles. The Hall–Kier alpha value is -3.98. The van der Waals surface area contributed by atoms with Gasteiger partial charge in [0.15, 0.2) is 0 Å². The van der Waals surface area contributed by atoms with E-state index in [0.717, 1.165) is 49.2 Å². The fourth-order valence-electron chi connectivity index (χ4n) is 5.98. The molecule has 6 rings (SSSR count). The molecule has 0 spiro atoms. The summed E-state index contributed by atoms with van der Waals surface area (Å²) < 4.78 is 39.1. The lowest BCUT2D eigenvalue weighted by molar-refractivity contribution is -0.137. The van der Waals surface area contributed by atoms with Gasteiger partial charge in [0.25, 0.3) is 11.8 Å².